The smallest absolute Gasteiger partial charge is 0.219 e. The zero-order valence-electron chi connectivity index (χ0n) is 9.48. The van der Waals surface area contributed by atoms with Gasteiger partial charge in [-0.05, 0) is 26.8 Å². The van der Waals surface area contributed by atoms with E-state index in [1.165, 1.54) is 6.92 Å². The number of epoxide rings is 1. The van der Waals surface area contributed by atoms with Gasteiger partial charge in [0.1, 0.15) is 17.8 Å². The summed E-state index contributed by atoms with van der Waals surface area (Å²) in [5.74, 6) is 0.603. The molecule has 4 heteroatoms. The van der Waals surface area contributed by atoms with E-state index < -0.39 is 0 Å². The minimum atomic E-state index is -0.331. The molecule has 2 atom stereocenters. The number of carbonyl (C=O) groups excluding carboxylic acids is 1. The molecule has 0 aromatic carbocycles. The van der Waals surface area contributed by atoms with E-state index in [9.17, 15) is 4.79 Å². The largest absolute Gasteiger partial charge is 0.468 e. The van der Waals surface area contributed by atoms with E-state index in [-0.39, 0.29) is 23.6 Å². The number of fused-ring (bicyclic) bond motifs is 3. The van der Waals surface area contributed by atoms with Crippen LogP contribution in [0.4, 0.5) is 0 Å². The Balaban J connectivity index is 2.06. The topological polar surface area (TPSA) is 51.7 Å². The fourth-order valence-electron chi connectivity index (χ4n) is 2.14. The number of hydrogen-bond donors (Lipinski definition) is 0. The molecule has 2 aliphatic heterocycles. The van der Waals surface area contributed by atoms with Crippen molar-refractivity contribution in [1.82, 2.24) is 4.98 Å². The highest BCUT2D eigenvalue weighted by molar-refractivity contribution is 5.94. The van der Waals surface area contributed by atoms with Gasteiger partial charge in [-0.15, -0.1) is 0 Å². The molecule has 1 aromatic rings. The minimum absolute atomic E-state index is 0.0114. The van der Waals surface area contributed by atoms with Crippen LogP contribution < -0.4 is 4.74 Å². The SMILES string of the molecule is CC(=O)c1cnc2c(c1)C1OC1C(C)(C)O2. The van der Waals surface area contributed by atoms with Crippen molar-refractivity contribution in [1.29, 1.82) is 0 Å². The standard InChI is InChI=1S/C12H13NO3/c1-6(14)7-4-8-9-10(15-9)12(2,3)16-11(8)13-5-7/h4-5,9-10H,1-3H3. The van der Waals surface area contributed by atoms with Crippen molar-refractivity contribution in [3.8, 4) is 5.88 Å². The summed E-state index contributed by atoms with van der Waals surface area (Å²) < 4.78 is 11.3. The van der Waals surface area contributed by atoms with Crippen LogP contribution in [0.3, 0.4) is 0 Å². The monoisotopic (exact) mass is 219 g/mol. The number of rotatable bonds is 1. The highest BCUT2D eigenvalue weighted by Crippen LogP contribution is 2.52. The third-order valence-corrected chi connectivity index (χ3v) is 3.13. The number of aromatic nitrogens is 1. The number of hydrogen-bond acceptors (Lipinski definition) is 4. The summed E-state index contributed by atoms with van der Waals surface area (Å²) in [6.45, 7) is 5.50. The summed E-state index contributed by atoms with van der Waals surface area (Å²) in [7, 11) is 0. The quantitative estimate of drug-likeness (QED) is 0.534. The Morgan fingerprint density at radius 1 is 1.50 bits per heavy atom. The minimum Gasteiger partial charge on any atom is -0.468 e. The lowest BCUT2D eigenvalue weighted by molar-refractivity contribution is 0.0672. The molecule has 0 amide bonds. The lowest BCUT2D eigenvalue weighted by Gasteiger charge is -2.28. The van der Waals surface area contributed by atoms with Gasteiger partial charge >= 0.3 is 0 Å². The van der Waals surface area contributed by atoms with Crippen LogP contribution in [0.2, 0.25) is 0 Å². The molecule has 2 unspecified atom stereocenters. The summed E-state index contributed by atoms with van der Waals surface area (Å²) >= 11 is 0. The number of nitrogens with zero attached hydrogens (tertiary/aromatic N) is 1. The summed E-state index contributed by atoms with van der Waals surface area (Å²) in [6.07, 6.45) is 1.69. The predicted molar refractivity (Wildman–Crippen MR) is 56.6 cm³/mol. The van der Waals surface area contributed by atoms with E-state index in [1.807, 2.05) is 19.9 Å². The van der Waals surface area contributed by atoms with Crippen LogP contribution in [0, 0.1) is 0 Å². The molecule has 1 saturated heterocycles. The van der Waals surface area contributed by atoms with E-state index in [0.29, 0.717) is 11.4 Å². The van der Waals surface area contributed by atoms with Crippen molar-refractivity contribution in [3.05, 3.63) is 23.4 Å². The molecule has 0 N–H and O–H groups in total. The average Bonchev–Trinajstić information content (AvgIpc) is 2.97. The fraction of sp³-hybridized carbons (Fsp3) is 0.500. The number of pyridine rings is 1. The van der Waals surface area contributed by atoms with Crippen LogP contribution >= 0.6 is 0 Å². The second kappa shape index (κ2) is 2.83. The maximum absolute atomic E-state index is 11.3. The van der Waals surface area contributed by atoms with Gasteiger partial charge in [-0.2, -0.15) is 0 Å². The number of ether oxygens (including phenoxy) is 2. The average molecular weight is 219 g/mol. The van der Waals surface area contributed by atoms with Crippen LogP contribution in [0.1, 0.15) is 42.8 Å². The number of carbonyl (C=O) groups is 1. The lowest BCUT2D eigenvalue weighted by Crippen LogP contribution is -2.38. The van der Waals surface area contributed by atoms with E-state index in [2.05, 4.69) is 4.98 Å². The van der Waals surface area contributed by atoms with Crippen molar-refractivity contribution < 1.29 is 14.3 Å². The van der Waals surface area contributed by atoms with Gasteiger partial charge in [-0.3, -0.25) is 4.79 Å². The number of Topliss-reactive ketones (excluding diaryl/α,β-unsaturated/α-hetero) is 1. The van der Waals surface area contributed by atoms with Crippen LogP contribution in [-0.4, -0.2) is 22.5 Å². The van der Waals surface area contributed by atoms with Crippen molar-refractivity contribution in [2.75, 3.05) is 0 Å². The zero-order valence-corrected chi connectivity index (χ0v) is 9.48. The molecular weight excluding hydrogens is 206 g/mol. The molecule has 0 bridgehead atoms. The van der Waals surface area contributed by atoms with Gasteiger partial charge in [0.2, 0.25) is 5.88 Å². The Kier molecular flexibility index (Phi) is 1.73. The van der Waals surface area contributed by atoms with E-state index in [1.54, 1.807) is 6.20 Å². The first-order valence-corrected chi connectivity index (χ1v) is 5.34. The molecule has 4 nitrogen and oxygen atoms in total. The summed E-state index contributed by atoms with van der Waals surface area (Å²) in [6, 6.07) is 1.82. The normalized spacial score (nSPS) is 28.7. The first-order valence-electron chi connectivity index (χ1n) is 5.34. The van der Waals surface area contributed by atoms with Crippen molar-refractivity contribution in [2.24, 2.45) is 0 Å². The van der Waals surface area contributed by atoms with Crippen LogP contribution in [0.25, 0.3) is 0 Å². The Labute approximate surface area is 93.6 Å². The first kappa shape index (κ1) is 9.78. The van der Waals surface area contributed by atoms with Gasteiger partial charge in [0.15, 0.2) is 5.78 Å². The van der Waals surface area contributed by atoms with Crippen molar-refractivity contribution in [2.45, 2.75) is 38.6 Å². The predicted octanol–water partition coefficient (Wildman–Crippen LogP) is 1.90. The second-order valence-electron chi connectivity index (χ2n) is 4.86. The van der Waals surface area contributed by atoms with Gasteiger partial charge in [-0.25, -0.2) is 4.98 Å². The molecule has 16 heavy (non-hydrogen) atoms. The zero-order chi connectivity index (χ0) is 11.5. The van der Waals surface area contributed by atoms with Gasteiger partial charge < -0.3 is 9.47 Å². The highest BCUT2D eigenvalue weighted by Gasteiger charge is 2.57. The van der Waals surface area contributed by atoms with E-state index in [4.69, 9.17) is 9.47 Å². The van der Waals surface area contributed by atoms with E-state index in [0.717, 1.165) is 5.56 Å². The highest BCUT2D eigenvalue weighted by atomic mass is 16.6. The Hall–Kier alpha value is -1.42. The molecule has 84 valence electrons. The Bertz CT molecular complexity index is 481. The molecule has 3 rings (SSSR count). The molecule has 0 spiro atoms. The second-order valence-corrected chi connectivity index (χ2v) is 4.86. The van der Waals surface area contributed by atoms with Crippen molar-refractivity contribution in [3.63, 3.8) is 0 Å². The first-order chi connectivity index (χ1) is 7.49. The maximum Gasteiger partial charge on any atom is 0.219 e. The third-order valence-electron chi connectivity index (χ3n) is 3.13. The molecule has 2 aliphatic rings. The van der Waals surface area contributed by atoms with Gasteiger partial charge in [0.05, 0.1) is 0 Å². The van der Waals surface area contributed by atoms with Crippen LogP contribution in [0.15, 0.2) is 12.3 Å². The maximum atomic E-state index is 11.3. The van der Waals surface area contributed by atoms with E-state index >= 15 is 0 Å². The Morgan fingerprint density at radius 3 is 2.94 bits per heavy atom. The summed E-state index contributed by atoms with van der Waals surface area (Å²) in [5, 5.41) is 0. The third kappa shape index (κ3) is 1.26. The molecule has 3 heterocycles. The molecule has 0 radical (unpaired) electrons. The molecule has 1 aromatic heterocycles. The Morgan fingerprint density at radius 2 is 2.25 bits per heavy atom. The molecular formula is C12H13NO3. The van der Waals surface area contributed by atoms with Crippen LogP contribution in [0.5, 0.6) is 5.88 Å². The number of ketones is 1. The van der Waals surface area contributed by atoms with Crippen molar-refractivity contribution >= 4 is 5.78 Å². The molecule has 0 saturated carbocycles. The van der Waals surface area contributed by atoms with Gasteiger partial charge in [-0.1, -0.05) is 0 Å². The van der Waals surface area contributed by atoms with Gasteiger partial charge in [0, 0.05) is 17.3 Å². The van der Waals surface area contributed by atoms with Crippen LogP contribution in [-0.2, 0) is 4.74 Å². The van der Waals surface area contributed by atoms with Gasteiger partial charge in [0.25, 0.3) is 0 Å². The summed E-state index contributed by atoms with van der Waals surface area (Å²) in [5.41, 5.74) is 1.18. The lowest BCUT2D eigenvalue weighted by atomic mass is 9.95. The molecule has 0 aliphatic carbocycles. The fourth-order valence-corrected chi connectivity index (χ4v) is 2.14. The molecule has 1 fully saturated rings. The summed E-state index contributed by atoms with van der Waals surface area (Å²) in [4.78, 5) is 15.4.